The monoisotopic (exact) mass is 187 g/mol. The maximum absolute atomic E-state index is 11.7. The molecule has 1 heterocycles. The van der Waals surface area contributed by atoms with Crippen LogP contribution in [-0.4, -0.2) is 21.4 Å². The van der Waals surface area contributed by atoms with Gasteiger partial charge in [-0.25, -0.2) is 0 Å². The Hall–Kier alpha value is -1.46. The second kappa shape index (κ2) is 4.54. The van der Waals surface area contributed by atoms with E-state index in [1.54, 1.807) is 0 Å². The van der Waals surface area contributed by atoms with Gasteiger partial charge in [0, 0.05) is 6.54 Å². The largest absolute Gasteiger partial charge is 0.306 e. The summed E-state index contributed by atoms with van der Waals surface area (Å²) in [5, 5.41) is 14.0. The lowest BCUT2D eigenvalue weighted by molar-refractivity contribution is -0.385. The highest BCUT2D eigenvalue weighted by Gasteiger charge is 2.07. The number of aromatic nitrogens is 2. The topological polar surface area (TPSA) is 61.0 Å². The SMILES string of the molecule is O=[N+]([O-])c1cnn(CCCCF)c1. The van der Waals surface area contributed by atoms with Gasteiger partial charge in [-0.2, -0.15) is 5.10 Å². The van der Waals surface area contributed by atoms with Gasteiger partial charge in [-0.15, -0.1) is 0 Å². The summed E-state index contributed by atoms with van der Waals surface area (Å²) in [6, 6.07) is 0. The van der Waals surface area contributed by atoms with Crippen molar-refractivity contribution < 1.29 is 9.31 Å². The molecule has 0 unspecified atom stereocenters. The summed E-state index contributed by atoms with van der Waals surface area (Å²) >= 11 is 0. The zero-order chi connectivity index (χ0) is 9.68. The smallest absolute Gasteiger partial charge is 0.266 e. The second-order valence-corrected chi connectivity index (χ2v) is 2.61. The Labute approximate surface area is 74.3 Å². The van der Waals surface area contributed by atoms with E-state index in [9.17, 15) is 14.5 Å². The molecule has 0 aliphatic heterocycles. The molecule has 0 aliphatic rings. The number of aryl methyl sites for hydroxylation is 1. The molecule has 0 spiro atoms. The van der Waals surface area contributed by atoms with Crippen molar-refractivity contribution in [3.05, 3.63) is 22.5 Å². The molecule has 0 radical (unpaired) electrons. The fourth-order valence-electron chi connectivity index (χ4n) is 0.938. The van der Waals surface area contributed by atoms with Crippen molar-refractivity contribution >= 4 is 5.69 Å². The van der Waals surface area contributed by atoms with Gasteiger partial charge in [-0.3, -0.25) is 19.2 Å². The maximum atomic E-state index is 11.7. The van der Waals surface area contributed by atoms with E-state index in [-0.39, 0.29) is 12.4 Å². The molecular formula is C7H10FN3O2. The Bertz CT molecular complexity index is 287. The third-order valence-electron chi connectivity index (χ3n) is 1.60. The molecule has 0 fully saturated rings. The molecular weight excluding hydrogens is 177 g/mol. The summed E-state index contributed by atoms with van der Waals surface area (Å²) in [4.78, 5) is 9.74. The number of hydrogen-bond acceptors (Lipinski definition) is 3. The normalized spacial score (nSPS) is 10.2. The quantitative estimate of drug-likeness (QED) is 0.399. The van der Waals surface area contributed by atoms with Gasteiger partial charge in [-0.05, 0) is 12.8 Å². The van der Waals surface area contributed by atoms with Crippen molar-refractivity contribution in [1.82, 2.24) is 9.78 Å². The molecule has 0 bridgehead atoms. The molecule has 5 nitrogen and oxygen atoms in total. The third-order valence-corrected chi connectivity index (χ3v) is 1.60. The van der Waals surface area contributed by atoms with E-state index < -0.39 is 4.92 Å². The lowest BCUT2D eigenvalue weighted by atomic mass is 10.3. The van der Waals surface area contributed by atoms with Crippen molar-refractivity contribution in [1.29, 1.82) is 0 Å². The fourth-order valence-corrected chi connectivity index (χ4v) is 0.938. The fraction of sp³-hybridized carbons (Fsp3) is 0.571. The Morgan fingerprint density at radius 2 is 2.38 bits per heavy atom. The van der Waals surface area contributed by atoms with E-state index in [1.165, 1.54) is 17.1 Å². The van der Waals surface area contributed by atoms with Crippen LogP contribution in [0.5, 0.6) is 0 Å². The molecule has 72 valence electrons. The van der Waals surface area contributed by atoms with E-state index in [4.69, 9.17) is 0 Å². The lowest BCUT2D eigenvalue weighted by Gasteiger charge is -1.96. The summed E-state index contributed by atoms with van der Waals surface area (Å²) in [5.41, 5.74) is -0.0275. The van der Waals surface area contributed by atoms with Crippen LogP contribution in [0.25, 0.3) is 0 Å². The van der Waals surface area contributed by atoms with Crippen LogP contribution < -0.4 is 0 Å². The molecule has 6 heteroatoms. The Balaban J connectivity index is 2.44. The molecule has 13 heavy (non-hydrogen) atoms. The number of nitro groups is 1. The van der Waals surface area contributed by atoms with Crippen molar-refractivity contribution in [3.8, 4) is 0 Å². The lowest BCUT2D eigenvalue weighted by Crippen LogP contribution is -1.98. The zero-order valence-corrected chi connectivity index (χ0v) is 7.02. The molecule has 0 atom stereocenters. The number of hydrogen-bond donors (Lipinski definition) is 0. The highest BCUT2D eigenvalue weighted by molar-refractivity contribution is 5.20. The zero-order valence-electron chi connectivity index (χ0n) is 7.02. The number of rotatable bonds is 5. The summed E-state index contributed by atoms with van der Waals surface area (Å²) in [5.74, 6) is 0. The van der Waals surface area contributed by atoms with Crippen LogP contribution >= 0.6 is 0 Å². The highest BCUT2D eigenvalue weighted by atomic mass is 19.1. The minimum absolute atomic E-state index is 0.0275. The highest BCUT2D eigenvalue weighted by Crippen LogP contribution is 2.08. The van der Waals surface area contributed by atoms with Gasteiger partial charge in [0.15, 0.2) is 0 Å². The van der Waals surface area contributed by atoms with Gasteiger partial charge in [-0.1, -0.05) is 0 Å². The van der Waals surface area contributed by atoms with Crippen LogP contribution in [0.15, 0.2) is 12.4 Å². The molecule has 0 aromatic carbocycles. The van der Waals surface area contributed by atoms with Gasteiger partial charge >= 0.3 is 5.69 Å². The average molecular weight is 187 g/mol. The Kier molecular flexibility index (Phi) is 3.36. The summed E-state index contributed by atoms with van der Waals surface area (Å²) in [6.45, 7) is 0.168. The standard InChI is InChI=1S/C7H10FN3O2/c8-3-1-2-4-10-6-7(5-9-10)11(12)13/h5-6H,1-4H2. The van der Waals surface area contributed by atoms with Crippen molar-refractivity contribution in [2.24, 2.45) is 0 Å². The molecule has 1 aromatic rings. The first-order valence-electron chi connectivity index (χ1n) is 3.97. The van der Waals surface area contributed by atoms with Crippen LogP contribution in [0, 0.1) is 10.1 Å². The minimum atomic E-state index is -0.501. The van der Waals surface area contributed by atoms with Gasteiger partial charge in [0.25, 0.3) is 0 Å². The van der Waals surface area contributed by atoms with Crippen molar-refractivity contribution in [3.63, 3.8) is 0 Å². The summed E-state index contributed by atoms with van der Waals surface area (Å²) in [6.07, 6.45) is 3.65. The van der Waals surface area contributed by atoms with E-state index in [1.807, 2.05) is 0 Å². The molecule has 0 saturated carbocycles. The summed E-state index contributed by atoms with van der Waals surface area (Å²) < 4.78 is 13.1. The van der Waals surface area contributed by atoms with E-state index in [0.717, 1.165) is 0 Å². The Morgan fingerprint density at radius 3 is 2.92 bits per heavy atom. The number of unbranched alkanes of at least 4 members (excludes halogenated alkanes) is 1. The Morgan fingerprint density at radius 1 is 1.62 bits per heavy atom. The molecule has 0 N–H and O–H groups in total. The predicted octanol–water partition coefficient (Wildman–Crippen LogP) is 1.54. The van der Waals surface area contributed by atoms with E-state index in [2.05, 4.69) is 5.10 Å². The molecule has 0 amide bonds. The van der Waals surface area contributed by atoms with Gasteiger partial charge in [0.2, 0.25) is 0 Å². The van der Waals surface area contributed by atoms with Crippen molar-refractivity contribution in [2.75, 3.05) is 6.67 Å². The van der Waals surface area contributed by atoms with E-state index in [0.29, 0.717) is 19.4 Å². The first kappa shape index (κ1) is 9.63. The summed E-state index contributed by atoms with van der Waals surface area (Å²) in [7, 11) is 0. The number of alkyl halides is 1. The first-order chi connectivity index (χ1) is 6.24. The van der Waals surface area contributed by atoms with Crippen LogP contribution in [0.4, 0.5) is 10.1 Å². The average Bonchev–Trinajstić information content (AvgIpc) is 2.53. The molecule has 1 rings (SSSR count). The molecule has 0 saturated heterocycles. The minimum Gasteiger partial charge on any atom is -0.266 e. The van der Waals surface area contributed by atoms with Crippen LogP contribution in [0.1, 0.15) is 12.8 Å². The van der Waals surface area contributed by atoms with Gasteiger partial charge in [0.1, 0.15) is 12.4 Å². The third kappa shape index (κ3) is 2.81. The number of halogens is 1. The first-order valence-corrected chi connectivity index (χ1v) is 3.97. The van der Waals surface area contributed by atoms with Crippen LogP contribution in [-0.2, 0) is 6.54 Å². The second-order valence-electron chi connectivity index (χ2n) is 2.61. The molecule has 0 aliphatic carbocycles. The van der Waals surface area contributed by atoms with Crippen LogP contribution in [0.2, 0.25) is 0 Å². The maximum Gasteiger partial charge on any atom is 0.306 e. The predicted molar refractivity (Wildman–Crippen MR) is 44.1 cm³/mol. The molecule has 1 aromatic heterocycles. The van der Waals surface area contributed by atoms with Crippen molar-refractivity contribution in [2.45, 2.75) is 19.4 Å². The van der Waals surface area contributed by atoms with Gasteiger partial charge < -0.3 is 0 Å². The van der Waals surface area contributed by atoms with Gasteiger partial charge in [0.05, 0.1) is 11.6 Å². The van der Waals surface area contributed by atoms with E-state index >= 15 is 0 Å². The van der Waals surface area contributed by atoms with Crippen LogP contribution in [0.3, 0.4) is 0 Å². The number of nitrogens with zero attached hydrogens (tertiary/aromatic N) is 3.